The topological polar surface area (TPSA) is 48.4 Å². The molecule has 0 aliphatic rings. The Labute approximate surface area is 121 Å². The minimum Gasteiger partial charge on any atom is -0.504 e. The second-order valence-corrected chi connectivity index (χ2v) is 4.82. The lowest BCUT2D eigenvalue weighted by atomic mass is 10.1. The highest BCUT2D eigenvalue weighted by Gasteiger charge is 2.04. The fraction of sp³-hybridized carbons (Fsp3) is 0.118. The third-order valence-corrected chi connectivity index (χ3v) is 3.43. The molecule has 0 saturated carbocycles. The maximum Gasteiger partial charge on any atom is 0.165 e. The summed E-state index contributed by atoms with van der Waals surface area (Å²) < 4.78 is 13.2. The van der Waals surface area contributed by atoms with Crippen LogP contribution in [0.5, 0.6) is 5.75 Å². The quantitative estimate of drug-likeness (QED) is 0.705. The zero-order chi connectivity index (χ0) is 14.7. The molecule has 0 aliphatic heterocycles. The van der Waals surface area contributed by atoms with E-state index in [0.29, 0.717) is 12.1 Å². The van der Waals surface area contributed by atoms with Crippen molar-refractivity contribution < 1.29 is 9.50 Å². The Bertz CT molecular complexity index is 792. The van der Waals surface area contributed by atoms with Gasteiger partial charge in [-0.15, -0.1) is 0 Å². The molecule has 106 valence electrons. The monoisotopic (exact) mass is 282 g/mol. The van der Waals surface area contributed by atoms with Crippen LogP contribution in [0.4, 0.5) is 4.39 Å². The molecule has 2 aromatic carbocycles. The Hall–Kier alpha value is -2.62. The smallest absolute Gasteiger partial charge is 0.165 e. The number of aromatic nitrogens is 1. The SMILES string of the molecule is Oc1c(F)cccc1C=NCCc1c[nH]c2ccccc12. The fourth-order valence-electron chi connectivity index (χ4n) is 2.32. The van der Waals surface area contributed by atoms with E-state index >= 15 is 0 Å². The number of halogens is 1. The number of hydrogen-bond donors (Lipinski definition) is 2. The Morgan fingerprint density at radius 3 is 2.90 bits per heavy atom. The van der Waals surface area contributed by atoms with Crippen molar-refractivity contribution in [3.63, 3.8) is 0 Å². The van der Waals surface area contributed by atoms with Gasteiger partial charge in [0.2, 0.25) is 0 Å². The molecule has 0 saturated heterocycles. The van der Waals surface area contributed by atoms with E-state index in [-0.39, 0.29) is 5.75 Å². The van der Waals surface area contributed by atoms with E-state index in [9.17, 15) is 9.50 Å². The molecule has 4 heteroatoms. The number of rotatable bonds is 4. The molecule has 1 aromatic heterocycles. The third-order valence-electron chi connectivity index (χ3n) is 3.43. The van der Waals surface area contributed by atoms with Gasteiger partial charge in [-0.05, 0) is 30.2 Å². The van der Waals surface area contributed by atoms with Crippen LogP contribution in [0, 0.1) is 5.82 Å². The summed E-state index contributed by atoms with van der Waals surface area (Å²) in [6.07, 6.45) is 4.28. The van der Waals surface area contributed by atoms with Crippen LogP contribution in [0.25, 0.3) is 10.9 Å². The number of nitrogens with zero attached hydrogens (tertiary/aromatic N) is 1. The van der Waals surface area contributed by atoms with E-state index in [4.69, 9.17) is 0 Å². The zero-order valence-corrected chi connectivity index (χ0v) is 11.4. The van der Waals surface area contributed by atoms with E-state index in [2.05, 4.69) is 16.0 Å². The van der Waals surface area contributed by atoms with Crippen molar-refractivity contribution in [3.05, 3.63) is 65.6 Å². The second-order valence-electron chi connectivity index (χ2n) is 4.82. The van der Waals surface area contributed by atoms with Crippen LogP contribution >= 0.6 is 0 Å². The molecule has 0 bridgehead atoms. The van der Waals surface area contributed by atoms with Crippen LogP contribution in [0.1, 0.15) is 11.1 Å². The van der Waals surface area contributed by atoms with Crippen LogP contribution in [-0.4, -0.2) is 22.8 Å². The first-order valence-corrected chi connectivity index (χ1v) is 6.78. The van der Waals surface area contributed by atoms with Crippen molar-refractivity contribution in [2.45, 2.75) is 6.42 Å². The summed E-state index contributed by atoms with van der Waals surface area (Å²) in [6, 6.07) is 12.5. The van der Waals surface area contributed by atoms with Crippen LogP contribution in [0.2, 0.25) is 0 Å². The van der Waals surface area contributed by atoms with E-state index in [0.717, 1.165) is 11.9 Å². The van der Waals surface area contributed by atoms with Crippen molar-refractivity contribution in [2.75, 3.05) is 6.54 Å². The van der Waals surface area contributed by atoms with Gasteiger partial charge in [-0.2, -0.15) is 0 Å². The Morgan fingerprint density at radius 1 is 1.14 bits per heavy atom. The lowest BCUT2D eigenvalue weighted by molar-refractivity contribution is 0.431. The molecule has 1 heterocycles. The van der Waals surface area contributed by atoms with Crippen LogP contribution in [0.15, 0.2) is 53.7 Å². The minimum absolute atomic E-state index is 0.353. The second kappa shape index (κ2) is 5.79. The summed E-state index contributed by atoms with van der Waals surface area (Å²) in [5, 5.41) is 10.7. The third kappa shape index (κ3) is 2.79. The Morgan fingerprint density at radius 2 is 2.00 bits per heavy atom. The van der Waals surface area contributed by atoms with E-state index in [1.807, 2.05) is 24.4 Å². The summed E-state index contributed by atoms with van der Waals surface area (Å²) >= 11 is 0. The van der Waals surface area contributed by atoms with Crippen molar-refractivity contribution >= 4 is 17.1 Å². The first-order valence-electron chi connectivity index (χ1n) is 6.78. The highest BCUT2D eigenvalue weighted by atomic mass is 19.1. The predicted molar refractivity (Wildman–Crippen MR) is 82.5 cm³/mol. The summed E-state index contributed by atoms with van der Waals surface area (Å²) in [4.78, 5) is 7.48. The average Bonchev–Trinajstić information content (AvgIpc) is 2.91. The van der Waals surface area contributed by atoms with Crippen LogP contribution < -0.4 is 0 Å². The van der Waals surface area contributed by atoms with Crippen LogP contribution in [-0.2, 0) is 6.42 Å². The van der Waals surface area contributed by atoms with E-state index in [1.165, 1.54) is 23.2 Å². The molecule has 0 aliphatic carbocycles. The maximum atomic E-state index is 13.2. The number of aliphatic imine (C=N–C) groups is 1. The number of aromatic hydroxyl groups is 1. The van der Waals surface area contributed by atoms with Gasteiger partial charge in [0.1, 0.15) is 0 Å². The largest absolute Gasteiger partial charge is 0.504 e. The van der Waals surface area contributed by atoms with Crippen molar-refractivity contribution in [1.82, 2.24) is 4.98 Å². The van der Waals surface area contributed by atoms with Gasteiger partial charge in [-0.25, -0.2) is 4.39 Å². The maximum absolute atomic E-state index is 13.2. The van der Waals surface area contributed by atoms with Gasteiger partial charge in [-0.3, -0.25) is 4.99 Å². The van der Waals surface area contributed by atoms with Gasteiger partial charge in [0.15, 0.2) is 11.6 Å². The van der Waals surface area contributed by atoms with Crippen molar-refractivity contribution in [3.8, 4) is 5.75 Å². The molecular weight excluding hydrogens is 267 g/mol. The van der Waals surface area contributed by atoms with Gasteiger partial charge >= 0.3 is 0 Å². The summed E-state index contributed by atoms with van der Waals surface area (Å²) in [5.74, 6) is -0.982. The molecule has 0 atom stereocenters. The lowest BCUT2D eigenvalue weighted by Gasteiger charge is -1.99. The summed E-state index contributed by atoms with van der Waals surface area (Å²) in [7, 11) is 0. The van der Waals surface area contributed by atoms with Crippen molar-refractivity contribution in [1.29, 1.82) is 0 Å². The normalized spacial score (nSPS) is 11.5. The minimum atomic E-state index is -0.629. The standard InChI is InChI=1S/C17H15FN2O/c18-15-6-3-4-13(17(15)21)10-19-9-8-12-11-20-16-7-2-1-5-14(12)16/h1-7,10-11,20-21H,8-9H2. The number of phenols is 1. The molecule has 0 radical (unpaired) electrons. The molecular formula is C17H15FN2O. The average molecular weight is 282 g/mol. The number of phenolic OH excluding ortho intramolecular Hbond substituents is 1. The highest BCUT2D eigenvalue weighted by Crippen LogP contribution is 2.19. The molecule has 0 spiro atoms. The van der Waals surface area contributed by atoms with Gasteiger partial charge in [0.05, 0.1) is 0 Å². The zero-order valence-electron chi connectivity index (χ0n) is 11.4. The number of fused-ring (bicyclic) bond motifs is 1. The summed E-state index contributed by atoms with van der Waals surface area (Å²) in [6.45, 7) is 0.581. The Balaban J connectivity index is 1.68. The molecule has 2 N–H and O–H groups in total. The van der Waals surface area contributed by atoms with Crippen molar-refractivity contribution in [2.24, 2.45) is 4.99 Å². The number of para-hydroxylation sites is 2. The molecule has 3 rings (SSSR count). The molecule has 0 fully saturated rings. The van der Waals surface area contributed by atoms with Gasteiger partial charge in [0.25, 0.3) is 0 Å². The lowest BCUT2D eigenvalue weighted by Crippen LogP contribution is -1.91. The molecule has 3 nitrogen and oxygen atoms in total. The van der Waals surface area contributed by atoms with Gasteiger partial charge in [-0.1, -0.05) is 24.3 Å². The summed E-state index contributed by atoms with van der Waals surface area (Å²) in [5.41, 5.74) is 2.71. The molecule has 3 aromatic rings. The first kappa shape index (κ1) is 13.4. The number of benzene rings is 2. The molecule has 0 unspecified atom stereocenters. The van der Waals surface area contributed by atoms with E-state index in [1.54, 1.807) is 12.1 Å². The van der Waals surface area contributed by atoms with E-state index < -0.39 is 5.82 Å². The van der Waals surface area contributed by atoms with Gasteiger partial charge < -0.3 is 10.1 Å². The highest BCUT2D eigenvalue weighted by molar-refractivity contribution is 5.84. The Kier molecular flexibility index (Phi) is 3.69. The number of hydrogen-bond acceptors (Lipinski definition) is 2. The van der Waals surface area contributed by atoms with Crippen LogP contribution in [0.3, 0.4) is 0 Å². The first-order chi connectivity index (χ1) is 10.3. The molecule has 0 amide bonds. The number of aromatic amines is 1. The predicted octanol–water partition coefficient (Wildman–Crippen LogP) is 3.67. The number of nitrogens with one attached hydrogen (secondary N) is 1. The molecule has 21 heavy (non-hydrogen) atoms. The fourth-order valence-corrected chi connectivity index (χ4v) is 2.32. The van der Waals surface area contributed by atoms with Gasteiger partial charge in [0, 0.05) is 35.4 Å². The number of H-pyrrole nitrogens is 1.